The molecule has 1 fully saturated rings. The Hall–Kier alpha value is -1.34. The van der Waals surface area contributed by atoms with Gasteiger partial charge in [-0.05, 0) is 25.7 Å². The average Bonchev–Trinajstić information content (AvgIpc) is 2.81. The number of hydrogen-bond donors (Lipinski definition) is 1. The number of carboxylic acid groups (broad SMARTS) is 1. The molecule has 0 aromatic carbocycles. The molecule has 1 saturated carbocycles. The molecule has 1 N–H and O–H groups in total. The number of carbonyl (C=O) groups is 1. The first kappa shape index (κ1) is 16.0. The van der Waals surface area contributed by atoms with Crippen LogP contribution >= 0.6 is 0 Å². The number of sulfonamides is 1. The third-order valence-corrected chi connectivity index (χ3v) is 6.26. The van der Waals surface area contributed by atoms with Crippen molar-refractivity contribution in [2.24, 2.45) is 5.92 Å². The fourth-order valence-electron chi connectivity index (χ4n) is 3.00. The van der Waals surface area contributed by atoms with Gasteiger partial charge in [0, 0.05) is 19.2 Å². The molecule has 1 heterocycles. The maximum atomic E-state index is 12.7. The third-order valence-electron chi connectivity index (χ3n) is 4.27. The predicted octanol–water partition coefficient (Wildman–Crippen LogP) is 2.49. The zero-order chi connectivity index (χ0) is 15.8. The second-order valence-corrected chi connectivity index (χ2v) is 7.65. The molecule has 6 nitrogen and oxygen atoms in total. The van der Waals surface area contributed by atoms with E-state index in [4.69, 9.17) is 9.52 Å². The van der Waals surface area contributed by atoms with Gasteiger partial charge in [-0.15, -0.1) is 0 Å². The molecule has 7 heteroatoms. The second kappa shape index (κ2) is 5.81. The summed E-state index contributed by atoms with van der Waals surface area (Å²) >= 11 is 0. The van der Waals surface area contributed by atoms with Crippen molar-refractivity contribution in [3.05, 3.63) is 17.6 Å². The van der Waals surface area contributed by atoms with Gasteiger partial charge in [-0.1, -0.05) is 19.8 Å². The standard InChI is InChI=1S/C14H21NO5S/c1-9-6-4-5-7-11(9)15(3)21(18,19)13-8-12(14(16)17)20-10(13)2/h8-9,11H,4-7H2,1-3H3,(H,16,17). The Bertz CT molecular complexity index is 634. The number of aryl methyl sites for hydroxylation is 1. The van der Waals surface area contributed by atoms with Crippen molar-refractivity contribution < 1.29 is 22.7 Å². The molecule has 1 aromatic rings. The van der Waals surface area contributed by atoms with Crippen molar-refractivity contribution in [3.63, 3.8) is 0 Å². The monoisotopic (exact) mass is 315 g/mol. The summed E-state index contributed by atoms with van der Waals surface area (Å²) in [6.45, 7) is 3.53. The minimum absolute atomic E-state index is 0.0497. The van der Waals surface area contributed by atoms with Crippen LogP contribution in [0.3, 0.4) is 0 Å². The Morgan fingerprint density at radius 3 is 2.52 bits per heavy atom. The van der Waals surface area contributed by atoms with Gasteiger partial charge in [0.1, 0.15) is 10.7 Å². The molecule has 0 aliphatic heterocycles. The van der Waals surface area contributed by atoms with Crippen molar-refractivity contribution >= 4 is 16.0 Å². The Kier molecular flexibility index (Phi) is 4.43. The second-order valence-electron chi connectivity index (χ2n) is 5.69. The van der Waals surface area contributed by atoms with E-state index in [9.17, 15) is 13.2 Å². The number of hydrogen-bond acceptors (Lipinski definition) is 4. The van der Waals surface area contributed by atoms with Crippen LogP contribution in [0, 0.1) is 12.8 Å². The average molecular weight is 315 g/mol. The van der Waals surface area contributed by atoms with E-state index in [1.807, 2.05) is 0 Å². The molecule has 21 heavy (non-hydrogen) atoms. The van der Waals surface area contributed by atoms with Gasteiger partial charge in [-0.2, -0.15) is 4.31 Å². The molecule has 0 bridgehead atoms. The van der Waals surface area contributed by atoms with Crippen molar-refractivity contribution in [2.75, 3.05) is 7.05 Å². The summed E-state index contributed by atoms with van der Waals surface area (Å²) in [4.78, 5) is 10.9. The number of carboxylic acids is 1. The van der Waals surface area contributed by atoms with Crippen molar-refractivity contribution in [2.45, 2.75) is 50.5 Å². The highest BCUT2D eigenvalue weighted by atomic mass is 32.2. The first-order chi connectivity index (χ1) is 9.75. The van der Waals surface area contributed by atoms with E-state index in [1.165, 1.54) is 11.2 Å². The van der Waals surface area contributed by atoms with Gasteiger partial charge in [0.25, 0.3) is 0 Å². The minimum atomic E-state index is -3.74. The number of nitrogens with zero attached hydrogens (tertiary/aromatic N) is 1. The largest absolute Gasteiger partial charge is 0.475 e. The first-order valence-electron chi connectivity index (χ1n) is 7.07. The zero-order valence-corrected chi connectivity index (χ0v) is 13.3. The Morgan fingerprint density at radius 1 is 1.38 bits per heavy atom. The van der Waals surface area contributed by atoms with Crippen LogP contribution < -0.4 is 0 Å². The Morgan fingerprint density at radius 2 is 2.00 bits per heavy atom. The lowest BCUT2D eigenvalue weighted by molar-refractivity contribution is 0.0661. The van der Waals surface area contributed by atoms with Crippen LogP contribution in [0.25, 0.3) is 0 Å². The fraction of sp³-hybridized carbons (Fsp3) is 0.643. The molecular formula is C14H21NO5S. The predicted molar refractivity (Wildman–Crippen MR) is 76.8 cm³/mol. The quantitative estimate of drug-likeness (QED) is 0.922. The maximum Gasteiger partial charge on any atom is 0.371 e. The molecule has 2 rings (SSSR count). The van der Waals surface area contributed by atoms with Crippen molar-refractivity contribution in [1.82, 2.24) is 4.31 Å². The molecule has 2 atom stereocenters. The van der Waals surface area contributed by atoms with Gasteiger partial charge < -0.3 is 9.52 Å². The summed E-state index contributed by atoms with van der Waals surface area (Å²) in [5.74, 6) is -1.21. The molecule has 118 valence electrons. The smallest absolute Gasteiger partial charge is 0.371 e. The van der Waals surface area contributed by atoms with Gasteiger partial charge in [-0.25, -0.2) is 13.2 Å². The van der Waals surface area contributed by atoms with Crippen LogP contribution in [0.2, 0.25) is 0 Å². The van der Waals surface area contributed by atoms with E-state index in [2.05, 4.69) is 6.92 Å². The highest BCUT2D eigenvalue weighted by Gasteiger charge is 2.35. The molecule has 1 aromatic heterocycles. The topological polar surface area (TPSA) is 87.8 Å². The van der Waals surface area contributed by atoms with E-state index in [1.54, 1.807) is 7.05 Å². The maximum absolute atomic E-state index is 12.7. The summed E-state index contributed by atoms with van der Waals surface area (Å²) in [5, 5.41) is 8.92. The van der Waals surface area contributed by atoms with E-state index < -0.39 is 16.0 Å². The normalized spacial score (nSPS) is 23.4. The van der Waals surface area contributed by atoms with Crippen LogP contribution in [0.1, 0.15) is 48.9 Å². The first-order valence-corrected chi connectivity index (χ1v) is 8.51. The summed E-state index contributed by atoms with van der Waals surface area (Å²) in [6.07, 6.45) is 3.98. The van der Waals surface area contributed by atoms with Gasteiger partial charge in [0.15, 0.2) is 0 Å². The summed E-state index contributed by atoms with van der Waals surface area (Å²) < 4.78 is 31.8. The van der Waals surface area contributed by atoms with Crippen LogP contribution in [0.5, 0.6) is 0 Å². The fourth-order valence-corrected chi connectivity index (χ4v) is 4.64. The summed E-state index contributed by atoms with van der Waals surface area (Å²) in [7, 11) is -2.17. The number of aromatic carboxylic acids is 1. The van der Waals surface area contributed by atoms with Crippen molar-refractivity contribution in [1.29, 1.82) is 0 Å². The van der Waals surface area contributed by atoms with E-state index in [0.29, 0.717) is 5.92 Å². The summed E-state index contributed by atoms with van der Waals surface area (Å²) in [6, 6.07) is 1.04. The summed E-state index contributed by atoms with van der Waals surface area (Å²) in [5.41, 5.74) is 0. The van der Waals surface area contributed by atoms with Crippen molar-refractivity contribution in [3.8, 4) is 0 Å². The number of rotatable bonds is 4. The molecule has 0 spiro atoms. The third kappa shape index (κ3) is 2.98. The highest BCUT2D eigenvalue weighted by Crippen LogP contribution is 2.32. The number of furan rings is 1. The van der Waals surface area contributed by atoms with E-state index in [0.717, 1.165) is 31.7 Å². The molecule has 0 saturated heterocycles. The van der Waals surface area contributed by atoms with Gasteiger partial charge in [0.2, 0.25) is 15.8 Å². The molecule has 1 aliphatic carbocycles. The van der Waals surface area contributed by atoms with Crippen LogP contribution in [0.4, 0.5) is 0 Å². The van der Waals surface area contributed by atoms with Crippen LogP contribution in [-0.2, 0) is 10.0 Å². The molecule has 0 radical (unpaired) electrons. The molecule has 1 aliphatic rings. The van der Waals surface area contributed by atoms with E-state index >= 15 is 0 Å². The van der Waals surface area contributed by atoms with Gasteiger partial charge in [-0.3, -0.25) is 0 Å². The van der Waals surface area contributed by atoms with Crippen LogP contribution in [-0.4, -0.2) is 36.9 Å². The Balaban J connectivity index is 2.34. The lowest BCUT2D eigenvalue weighted by Crippen LogP contribution is -2.42. The molecular weight excluding hydrogens is 294 g/mol. The SMILES string of the molecule is Cc1oc(C(=O)O)cc1S(=O)(=O)N(C)C1CCCCC1C. The Labute approximate surface area is 124 Å². The minimum Gasteiger partial charge on any atom is -0.475 e. The lowest BCUT2D eigenvalue weighted by Gasteiger charge is -2.35. The van der Waals surface area contributed by atoms with Gasteiger partial charge >= 0.3 is 5.97 Å². The molecule has 2 unspecified atom stereocenters. The van der Waals surface area contributed by atoms with E-state index in [-0.39, 0.29) is 22.5 Å². The zero-order valence-electron chi connectivity index (χ0n) is 12.5. The van der Waals surface area contributed by atoms with Crippen LogP contribution in [0.15, 0.2) is 15.4 Å². The van der Waals surface area contributed by atoms with Gasteiger partial charge in [0.05, 0.1) is 0 Å². The molecule has 0 amide bonds. The lowest BCUT2D eigenvalue weighted by atomic mass is 9.86. The highest BCUT2D eigenvalue weighted by molar-refractivity contribution is 7.89.